The first-order valence-corrected chi connectivity index (χ1v) is 13.6. The number of anilines is 1. The van der Waals surface area contributed by atoms with Crippen LogP contribution in [0, 0.1) is 10.1 Å². The van der Waals surface area contributed by atoms with E-state index < -0.39 is 24.4 Å². The number of methoxy groups -OCH3 is 2. The monoisotopic (exact) mass is 470 g/mol. The van der Waals surface area contributed by atoms with Gasteiger partial charge in [0.15, 0.2) is 23.9 Å². The molecule has 0 spiro atoms. The maximum atomic E-state index is 12.5. The van der Waals surface area contributed by atoms with E-state index >= 15 is 0 Å². The van der Waals surface area contributed by atoms with Crippen LogP contribution in [-0.4, -0.2) is 43.6 Å². The third-order valence-corrected chi connectivity index (χ3v) is 6.44. The summed E-state index contributed by atoms with van der Waals surface area (Å²) in [6.45, 7) is 6.97. The van der Waals surface area contributed by atoms with E-state index in [4.69, 9.17) is 25.8 Å². The first kappa shape index (κ1) is 24.6. The third kappa shape index (κ3) is 6.67. The Labute approximate surface area is 186 Å². The number of aromatic nitrogens is 2. The highest BCUT2D eigenvalue weighted by molar-refractivity contribution is 6.76. The highest BCUT2D eigenvalue weighted by Gasteiger charge is 2.26. The van der Waals surface area contributed by atoms with Gasteiger partial charge in [0.2, 0.25) is 0 Å². The average Bonchev–Trinajstić information content (AvgIpc) is 2.71. The number of rotatable bonds is 11. The van der Waals surface area contributed by atoms with Crippen molar-refractivity contribution in [1.82, 2.24) is 9.78 Å². The van der Waals surface area contributed by atoms with E-state index in [-0.39, 0.29) is 24.0 Å². The van der Waals surface area contributed by atoms with Crippen molar-refractivity contribution in [1.29, 1.82) is 0 Å². The van der Waals surface area contributed by atoms with Gasteiger partial charge in [0.05, 0.1) is 19.3 Å². The number of ether oxygens (including phenoxy) is 3. The van der Waals surface area contributed by atoms with E-state index in [1.54, 1.807) is 18.2 Å². The molecule has 0 aliphatic carbocycles. The van der Waals surface area contributed by atoms with Gasteiger partial charge in [-0.2, -0.15) is 0 Å². The zero-order chi connectivity index (χ0) is 23.2. The van der Waals surface area contributed by atoms with Gasteiger partial charge in [-0.05, 0) is 28.7 Å². The summed E-state index contributed by atoms with van der Waals surface area (Å²) in [7, 11) is 1.72. The molecule has 12 heteroatoms. The van der Waals surface area contributed by atoms with Crippen LogP contribution in [0.15, 0.2) is 23.0 Å². The van der Waals surface area contributed by atoms with Crippen LogP contribution in [0.1, 0.15) is 5.56 Å². The van der Waals surface area contributed by atoms with Crippen LogP contribution < -0.4 is 20.3 Å². The maximum absolute atomic E-state index is 12.5. The Morgan fingerprint density at radius 1 is 1.23 bits per heavy atom. The van der Waals surface area contributed by atoms with E-state index in [2.05, 4.69) is 30.1 Å². The van der Waals surface area contributed by atoms with E-state index in [0.717, 1.165) is 16.3 Å². The number of benzene rings is 1. The number of hydrogen-bond donors (Lipinski definition) is 1. The van der Waals surface area contributed by atoms with Crippen molar-refractivity contribution in [3.05, 3.63) is 49.3 Å². The number of hydrogen-bond acceptors (Lipinski definition) is 8. The lowest BCUT2D eigenvalue weighted by Gasteiger charge is -2.15. The molecule has 1 aromatic heterocycles. The van der Waals surface area contributed by atoms with Gasteiger partial charge >= 0.3 is 11.4 Å². The predicted octanol–water partition coefficient (Wildman–Crippen LogP) is 3.75. The van der Waals surface area contributed by atoms with Crippen molar-refractivity contribution in [2.45, 2.75) is 39.0 Å². The topological polar surface area (TPSA) is 118 Å². The van der Waals surface area contributed by atoms with Gasteiger partial charge in [-0.3, -0.25) is 4.79 Å². The summed E-state index contributed by atoms with van der Waals surface area (Å²) in [5.41, 5.74) is -0.0817. The Balaban J connectivity index is 2.23. The van der Waals surface area contributed by atoms with E-state index in [1.807, 2.05) is 0 Å². The molecule has 0 fully saturated rings. The molecular weight excluding hydrogens is 444 g/mol. The van der Waals surface area contributed by atoms with E-state index in [0.29, 0.717) is 18.1 Å². The Bertz CT molecular complexity index is 993. The minimum atomic E-state index is -1.31. The largest absolute Gasteiger partial charge is 0.493 e. The Morgan fingerprint density at radius 2 is 1.90 bits per heavy atom. The minimum Gasteiger partial charge on any atom is -0.493 e. The third-order valence-electron chi connectivity index (χ3n) is 4.38. The molecule has 0 radical (unpaired) electrons. The van der Waals surface area contributed by atoms with Gasteiger partial charge in [0.25, 0.3) is 0 Å². The Morgan fingerprint density at radius 3 is 2.48 bits per heavy atom. The molecular formula is C19H27ClN4O6Si. The number of halogens is 1. The van der Waals surface area contributed by atoms with Crippen LogP contribution in [-0.2, 0) is 18.0 Å². The molecule has 2 aromatic rings. The summed E-state index contributed by atoms with van der Waals surface area (Å²) in [5.74, 6) is 0.499. The molecule has 1 aromatic carbocycles. The van der Waals surface area contributed by atoms with Crippen molar-refractivity contribution >= 4 is 31.2 Å². The molecule has 0 aliphatic heterocycles. The van der Waals surface area contributed by atoms with Crippen molar-refractivity contribution in [3.63, 3.8) is 0 Å². The van der Waals surface area contributed by atoms with Crippen molar-refractivity contribution < 1.29 is 19.1 Å². The van der Waals surface area contributed by atoms with Crippen LogP contribution in [0.3, 0.4) is 0 Å². The van der Waals surface area contributed by atoms with Crippen LogP contribution in [0.5, 0.6) is 11.5 Å². The summed E-state index contributed by atoms with van der Waals surface area (Å²) in [6, 6.07) is 6.07. The van der Waals surface area contributed by atoms with E-state index in [1.165, 1.54) is 14.2 Å². The maximum Gasteiger partial charge on any atom is 0.413 e. The smallest absolute Gasteiger partial charge is 0.413 e. The van der Waals surface area contributed by atoms with Gasteiger partial charge in [-0.15, -0.1) is 4.68 Å². The number of nitrogens with one attached hydrogen (secondary N) is 1. The summed E-state index contributed by atoms with van der Waals surface area (Å²) in [5, 5.41) is 17.9. The molecule has 0 bridgehead atoms. The lowest BCUT2D eigenvalue weighted by atomic mass is 10.2. The van der Waals surface area contributed by atoms with Crippen molar-refractivity contribution in [2.75, 3.05) is 26.1 Å². The first-order chi connectivity index (χ1) is 14.6. The van der Waals surface area contributed by atoms with Crippen LogP contribution >= 0.6 is 11.6 Å². The lowest BCUT2D eigenvalue weighted by Crippen LogP contribution is -2.28. The van der Waals surface area contributed by atoms with E-state index in [9.17, 15) is 14.9 Å². The normalized spacial score (nSPS) is 11.3. The predicted molar refractivity (Wildman–Crippen MR) is 121 cm³/mol. The minimum absolute atomic E-state index is 0.148. The molecule has 0 unspecified atom stereocenters. The zero-order valence-electron chi connectivity index (χ0n) is 18.2. The summed E-state index contributed by atoms with van der Waals surface area (Å²) < 4.78 is 16.8. The van der Waals surface area contributed by atoms with Gasteiger partial charge < -0.3 is 29.6 Å². The molecule has 0 atom stereocenters. The molecule has 0 saturated heterocycles. The van der Waals surface area contributed by atoms with Crippen molar-refractivity contribution in [3.8, 4) is 11.5 Å². The first-order valence-electron chi connectivity index (χ1n) is 9.55. The number of nitrogens with zero attached hydrogens (tertiary/aromatic N) is 3. The molecule has 2 rings (SSSR count). The molecule has 0 amide bonds. The fourth-order valence-electron chi connectivity index (χ4n) is 2.61. The molecule has 0 aliphatic rings. The molecule has 1 heterocycles. The second kappa shape index (κ2) is 10.6. The number of nitro groups is 1. The van der Waals surface area contributed by atoms with Gasteiger partial charge in [0.1, 0.15) is 5.02 Å². The second-order valence-electron chi connectivity index (χ2n) is 7.97. The molecule has 31 heavy (non-hydrogen) atoms. The van der Waals surface area contributed by atoms with Crippen LogP contribution in [0.25, 0.3) is 0 Å². The van der Waals surface area contributed by atoms with Gasteiger partial charge in [-0.25, -0.2) is 0 Å². The second-order valence-corrected chi connectivity index (χ2v) is 14.0. The molecule has 0 saturated carbocycles. The van der Waals surface area contributed by atoms with Gasteiger partial charge in [0, 0.05) is 21.2 Å². The lowest BCUT2D eigenvalue weighted by molar-refractivity contribution is -0.389. The van der Waals surface area contributed by atoms with Gasteiger partial charge in [-0.1, -0.05) is 37.3 Å². The SMILES string of the molecule is COc1ccc(CNc2c([N+](=O)[O-])nn(COCC[Si](C)(C)C)c(=O)c2Cl)cc1OC. The standard InChI is InChI=1S/C19H27ClN4O6Si/c1-28-14-7-6-13(10-15(14)29-2)11-21-17-16(20)19(25)23(22-18(17)24(26)27)12-30-8-9-31(3,4)5/h6-7,10,21H,8-9,11-12H2,1-5H3. The zero-order valence-corrected chi connectivity index (χ0v) is 20.0. The fraction of sp³-hybridized carbons (Fsp3) is 0.474. The Hall–Kier alpha value is -2.63. The summed E-state index contributed by atoms with van der Waals surface area (Å²) >= 11 is 6.17. The average molecular weight is 471 g/mol. The quantitative estimate of drug-likeness (QED) is 0.228. The Kier molecular flexibility index (Phi) is 8.42. The summed E-state index contributed by atoms with van der Waals surface area (Å²) in [6.07, 6.45) is 0. The summed E-state index contributed by atoms with van der Waals surface area (Å²) in [4.78, 5) is 23.4. The van der Waals surface area contributed by atoms with Crippen LogP contribution in [0.4, 0.5) is 11.5 Å². The highest BCUT2D eigenvalue weighted by atomic mass is 35.5. The highest BCUT2D eigenvalue weighted by Crippen LogP contribution is 2.30. The van der Waals surface area contributed by atoms with Crippen LogP contribution in [0.2, 0.25) is 30.7 Å². The molecule has 1 N–H and O–H groups in total. The molecule has 10 nitrogen and oxygen atoms in total. The fourth-order valence-corrected chi connectivity index (χ4v) is 3.62. The molecule has 170 valence electrons. The van der Waals surface area contributed by atoms with Crippen molar-refractivity contribution in [2.24, 2.45) is 0 Å².